The maximum absolute atomic E-state index is 6.43. The largest absolute Gasteiger partial charge is 0.456 e. The lowest BCUT2D eigenvalue weighted by molar-refractivity contribution is 0.171. The number of para-hydroxylation sites is 3. The summed E-state index contributed by atoms with van der Waals surface area (Å²) in [4.78, 5) is 0. The number of benzene rings is 6. The quantitative estimate of drug-likeness (QED) is 0.173. The van der Waals surface area contributed by atoms with Gasteiger partial charge in [0.05, 0.1) is 18.5 Å². The fourth-order valence-corrected chi connectivity index (χ4v) is 9.48. The van der Waals surface area contributed by atoms with E-state index in [4.69, 9.17) is 8.83 Å². The Bertz CT molecular complexity index is 2870. The van der Waals surface area contributed by atoms with Crippen molar-refractivity contribution in [2.75, 3.05) is 0 Å². The molecule has 3 N–H and O–H groups in total. The molecule has 0 radical (unpaired) electrons. The zero-order valence-corrected chi connectivity index (χ0v) is 28.4. The Kier molecular flexibility index (Phi) is 6.61. The van der Waals surface area contributed by atoms with E-state index in [1.807, 2.05) is 35.6 Å². The molecule has 0 saturated carbocycles. The predicted octanol–water partition coefficient (Wildman–Crippen LogP) is 11.5. The van der Waals surface area contributed by atoms with Gasteiger partial charge in [0.25, 0.3) is 0 Å². The van der Waals surface area contributed by atoms with Crippen LogP contribution in [0.5, 0.6) is 0 Å². The van der Waals surface area contributed by atoms with E-state index < -0.39 is 0 Å². The van der Waals surface area contributed by atoms with Crippen molar-refractivity contribution in [1.82, 2.24) is 16.0 Å². The van der Waals surface area contributed by atoms with Gasteiger partial charge in [-0.3, -0.25) is 16.0 Å². The second-order valence-corrected chi connectivity index (χ2v) is 14.8. The average Bonchev–Trinajstić information content (AvgIpc) is 3.89. The molecule has 6 aromatic carbocycles. The molecule has 4 unspecified atom stereocenters. The summed E-state index contributed by atoms with van der Waals surface area (Å²) in [6, 6.07) is 43.3. The third-order valence-electron chi connectivity index (χ3n) is 10.8. The SMILES string of the molecule is C1=CCC(C2NC(c3ccc4oc5ccccc5c4c3)NC(c3cccc4c3sc3ccc(-c5cccc6c5oc5ccccc56)cc34)N2)C=C1. The molecular formula is C45H33N3O2S. The van der Waals surface area contributed by atoms with Crippen molar-refractivity contribution >= 4 is 75.4 Å². The Hall–Kier alpha value is -5.50. The number of hydrogen-bond acceptors (Lipinski definition) is 6. The molecule has 5 nitrogen and oxygen atoms in total. The number of allylic oxidation sites excluding steroid dienone is 3. The summed E-state index contributed by atoms with van der Waals surface area (Å²) in [5.41, 5.74) is 8.41. The summed E-state index contributed by atoms with van der Waals surface area (Å²) in [5, 5.41) is 19.0. The standard InChI is InChI=1S/C45H33N3O2S/c1-2-10-26(11-3-1)43-46-44(28-20-22-39-35(25-28)31-13-5-6-18-37(31)49-39)48-45(47-43)34-17-9-16-33-36-24-27(21-23-40(36)51-42(33)34)29-14-8-15-32-30-12-4-7-19-38(30)50-41(29)32/h1-10,12-26,43-48H,11H2. The Morgan fingerprint density at radius 1 is 0.569 bits per heavy atom. The number of furan rings is 2. The summed E-state index contributed by atoms with van der Waals surface area (Å²) in [7, 11) is 0. The van der Waals surface area contributed by atoms with E-state index >= 15 is 0 Å². The normalized spacial score (nSPS) is 20.9. The van der Waals surface area contributed by atoms with E-state index in [0.29, 0.717) is 5.92 Å². The maximum atomic E-state index is 6.43. The molecule has 1 aliphatic carbocycles. The van der Waals surface area contributed by atoms with Gasteiger partial charge < -0.3 is 8.83 Å². The molecule has 6 heteroatoms. The summed E-state index contributed by atoms with van der Waals surface area (Å²) in [5.74, 6) is 0.325. The second kappa shape index (κ2) is 11.5. The van der Waals surface area contributed by atoms with Crippen LogP contribution in [0.25, 0.3) is 75.2 Å². The van der Waals surface area contributed by atoms with E-state index in [1.54, 1.807) is 0 Å². The van der Waals surface area contributed by atoms with Crippen LogP contribution < -0.4 is 16.0 Å². The summed E-state index contributed by atoms with van der Waals surface area (Å²) < 4.78 is 15.2. The van der Waals surface area contributed by atoms with E-state index in [0.717, 1.165) is 61.4 Å². The van der Waals surface area contributed by atoms with Crippen molar-refractivity contribution < 1.29 is 8.83 Å². The van der Waals surface area contributed by atoms with E-state index in [9.17, 15) is 0 Å². The second-order valence-electron chi connectivity index (χ2n) is 13.7. The van der Waals surface area contributed by atoms with E-state index in [1.165, 1.54) is 31.3 Å². The number of rotatable bonds is 4. The molecule has 1 aliphatic heterocycles. The molecule has 0 amide bonds. The van der Waals surface area contributed by atoms with Crippen LogP contribution in [0.15, 0.2) is 154 Å². The topological polar surface area (TPSA) is 62.4 Å². The first-order valence-corrected chi connectivity index (χ1v) is 18.5. The van der Waals surface area contributed by atoms with Gasteiger partial charge in [0.2, 0.25) is 0 Å². The Morgan fingerprint density at radius 2 is 1.33 bits per heavy atom. The summed E-state index contributed by atoms with van der Waals surface area (Å²) >= 11 is 1.87. The maximum Gasteiger partial charge on any atom is 0.143 e. The summed E-state index contributed by atoms with van der Waals surface area (Å²) in [6.45, 7) is 0. The van der Waals surface area contributed by atoms with Gasteiger partial charge in [0.15, 0.2) is 0 Å². The van der Waals surface area contributed by atoms with Crippen LogP contribution in [-0.4, -0.2) is 6.17 Å². The minimum absolute atomic E-state index is 0.0692. The average molecular weight is 680 g/mol. The molecule has 3 aromatic heterocycles. The van der Waals surface area contributed by atoms with E-state index in [2.05, 4.69) is 137 Å². The van der Waals surface area contributed by atoms with Gasteiger partial charge in [-0.15, -0.1) is 11.3 Å². The number of hydrogen-bond donors (Lipinski definition) is 3. The Balaban J connectivity index is 1.01. The van der Waals surface area contributed by atoms with Crippen LogP contribution in [0.3, 0.4) is 0 Å². The lowest BCUT2D eigenvalue weighted by Gasteiger charge is -2.42. The van der Waals surface area contributed by atoms with Crippen LogP contribution in [0.4, 0.5) is 0 Å². The molecule has 2 aliphatic rings. The van der Waals surface area contributed by atoms with Crippen LogP contribution in [0, 0.1) is 5.92 Å². The van der Waals surface area contributed by atoms with Crippen molar-refractivity contribution in [3.05, 3.63) is 157 Å². The molecule has 246 valence electrons. The highest BCUT2D eigenvalue weighted by Crippen LogP contribution is 2.42. The van der Waals surface area contributed by atoms with E-state index in [-0.39, 0.29) is 18.5 Å². The van der Waals surface area contributed by atoms with Crippen LogP contribution in [0.2, 0.25) is 0 Å². The lowest BCUT2D eigenvalue weighted by atomic mass is 9.94. The minimum atomic E-state index is -0.0714. The lowest BCUT2D eigenvalue weighted by Crippen LogP contribution is -2.61. The van der Waals surface area contributed by atoms with Crippen LogP contribution >= 0.6 is 11.3 Å². The van der Waals surface area contributed by atoms with Gasteiger partial charge in [-0.25, -0.2) is 0 Å². The molecule has 4 heterocycles. The molecule has 0 spiro atoms. The third kappa shape index (κ3) is 4.72. The van der Waals surface area contributed by atoms with Gasteiger partial charge in [0, 0.05) is 58.8 Å². The molecule has 4 atom stereocenters. The molecule has 0 bridgehead atoms. The Morgan fingerprint density at radius 3 is 2.22 bits per heavy atom. The van der Waals surface area contributed by atoms with Gasteiger partial charge >= 0.3 is 0 Å². The van der Waals surface area contributed by atoms with Crippen molar-refractivity contribution in [3.8, 4) is 11.1 Å². The molecule has 1 fully saturated rings. The molecular weight excluding hydrogens is 647 g/mol. The van der Waals surface area contributed by atoms with Gasteiger partial charge in [-0.05, 0) is 53.9 Å². The first kappa shape index (κ1) is 29.3. The predicted molar refractivity (Wildman–Crippen MR) is 211 cm³/mol. The fraction of sp³-hybridized carbons (Fsp3) is 0.111. The first-order chi connectivity index (χ1) is 25.2. The monoisotopic (exact) mass is 679 g/mol. The molecule has 51 heavy (non-hydrogen) atoms. The van der Waals surface area contributed by atoms with Gasteiger partial charge in [0.1, 0.15) is 22.3 Å². The molecule has 11 rings (SSSR count). The molecule has 9 aromatic rings. The minimum Gasteiger partial charge on any atom is -0.456 e. The zero-order valence-electron chi connectivity index (χ0n) is 27.6. The highest BCUT2D eigenvalue weighted by atomic mass is 32.1. The van der Waals surface area contributed by atoms with Crippen molar-refractivity contribution in [2.45, 2.75) is 24.9 Å². The van der Waals surface area contributed by atoms with Crippen molar-refractivity contribution in [2.24, 2.45) is 5.92 Å². The highest BCUT2D eigenvalue weighted by Gasteiger charge is 2.33. The van der Waals surface area contributed by atoms with Crippen LogP contribution in [0.1, 0.15) is 29.9 Å². The zero-order chi connectivity index (χ0) is 33.5. The smallest absolute Gasteiger partial charge is 0.143 e. The fourth-order valence-electron chi connectivity index (χ4n) is 8.25. The molecule has 1 saturated heterocycles. The van der Waals surface area contributed by atoms with Crippen molar-refractivity contribution in [3.63, 3.8) is 0 Å². The van der Waals surface area contributed by atoms with Crippen molar-refractivity contribution in [1.29, 1.82) is 0 Å². The summed E-state index contributed by atoms with van der Waals surface area (Å²) in [6.07, 6.45) is 9.81. The highest BCUT2D eigenvalue weighted by molar-refractivity contribution is 7.26. The first-order valence-electron chi connectivity index (χ1n) is 17.6. The Labute approximate surface area is 297 Å². The third-order valence-corrected chi connectivity index (χ3v) is 12.0. The van der Waals surface area contributed by atoms with Gasteiger partial charge in [-0.2, -0.15) is 0 Å². The number of nitrogens with one attached hydrogen (secondary N) is 3. The number of fused-ring (bicyclic) bond motifs is 9. The van der Waals surface area contributed by atoms with Crippen LogP contribution in [-0.2, 0) is 0 Å². The number of thiophene rings is 1. The van der Waals surface area contributed by atoms with Gasteiger partial charge in [-0.1, -0.05) is 109 Å².